The number of benzene rings is 1. The van der Waals surface area contributed by atoms with E-state index in [2.05, 4.69) is 5.32 Å². The summed E-state index contributed by atoms with van der Waals surface area (Å²) in [5.41, 5.74) is 7.11. The van der Waals surface area contributed by atoms with Gasteiger partial charge in [0.2, 0.25) is 0 Å². The number of carboxylic acid groups (broad SMARTS) is 1. The van der Waals surface area contributed by atoms with Crippen LogP contribution in [-0.4, -0.2) is 67.1 Å². The first-order valence-corrected chi connectivity index (χ1v) is 9.46. The van der Waals surface area contributed by atoms with Crippen molar-refractivity contribution in [3.05, 3.63) is 29.8 Å². The number of hydrogen-bond donors (Lipinski definition) is 4. The molecule has 0 unspecified atom stereocenters. The van der Waals surface area contributed by atoms with E-state index in [0.29, 0.717) is 31.7 Å². The zero-order valence-electron chi connectivity index (χ0n) is 15.5. The highest BCUT2D eigenvalue weighted by Gasteiger charge is 2.44. The molecule has 1 aromatic carbocycles. The van der Waals surface area contributed by atoms with E-state index in [0.717, 1.165) is 31.6 Å². The molecular weight excluding hydrogens is 346 g/mol. The Balaban J connectivity index is 1.79. The smallest absolute Gasteiger partial charge is 0.424 e. The first-order chi connectivity index (χ1) is 12.9. The molecular formula is C19H28N5O3+. The summed E-state index contributed by atoms with van der Waals surface area (Å²) in [5.74, 6) is -0.603. The van der Waals surface area contributed by atoms with E-state index in [1.54, 1.807) is 12.1 Å². The minimum Gasteiger partial charge on any atom is -0.481 e. The van der Waals surface area contributed by atoms with Crippen LogP contribution in [0.3, 0.4) is 0 Å². The number of carbonyl (C=O) groups excluding carboxylic acids is 1. The SMILES string of the molecule is N=C(N)c1ccc([N+]2(C(=O)N3CCC(CC(=O)O)CC3)CCNCC2)cc1. The van der Waals surface area contributed by atoms with Gasteiger partial charge in [-0.3, -0.25) is 15.1 Å². The normalized spacial score (nSPS) is 20.2. The summed E-state index contributed by atoms with van der Waals surface area (Å²) in [7, 11) is 0. The van der Waals surface area contributed by atoms with Crippen LogP contribution in [0.5, 0.6) is 0 Å². The molecule has 3 rings (SSSR count). The van der Waals surface area contributed by atoms with Crippen LogP contribution in [0.15, 0.2) is 24.3 Å². The van der Waals surface area contributed by atoms with Crippen molar-refractivity contribution in [3.8, 4) is 0 Å². The molecule has 0 bridgehead atoms. The van der Waals surface area contributed by atoms with Gasteiger partial charge in [0.05, 0.1) is 0 Å². The van der Waals surface area contributed by atoms with Crippen LogP contribution in [0.1, 0.15) is 24.8 Å². The van der Waals surface area contributed by atoms with E-state index in [4.69, 9.17) is 16.2 Å². The molecule has 146 valence electrons. The number of hydrogen-bond acceptors (Lipinski definition) is 4. The molecule has 8 heteroatoms. The van der Waals surface area contributed by atoms with Crippen LogP contribution in [-0.2, 0) is 4.79 Å². The fourth-order valence-electron chi connectivity index (χ4n) is 4.11. The van der Waals surface area contributed by atoms with E-state index in [1.807, 2.05) is 17.0 Å². The zero-order valence-corrected chi connectivity index (χ0v) is 15.5. The number of urea groups is 1. The van der Waals surface area contributed by atoms with Crippen LogP contribution in [0, 0.1) is 11.3 Å². The number of carboxylic acids is 1. The van der Waals surface area contributed by atoms with E-state index >= 15 is 0 Å². The van der Waals surface area contributed by atoms with E-state index in [1.165, 1.54) is 0 Å². The maximum absolute atomic E-state index is 13.5. The van der Waals surface area contributed by atoms with Crippen LogP contribution in [0.2, 0.25) is 0 Å². The number of likely N-dealkylation sites (tertiary alicyclic amines) is 1. The number of quaternary nitrogens is 1. The van der Waals surface area contributed by atoms with Crippen molar-refractivity contribution in [1.82, 2.24) is 14.7 Å². The van der Waals surface area contributed by atoms with Gasteiger partial charge in [-0.1, -0.05) is 0 Å². The van der Waals surface area contributed by atoms with Crippen molar-refractivity contribution < 1.29 is 14.7 Å². The average molecular weight is 374 g/mol. The van der Waals surface area contributed by atoms with Crippen LogP contribution in [0.4, 0.5) is 10.5 Å². The number of aliphatic carboxylic acids is 1. The van der Waals surface area contributed by atoms with Gasteiger partial charge in [-0.2, -0.15) is 0 Å². The molecule has 0 atom stereocenters. The summed E-state index contributed by atoms with van der Waals surface area (Å²) in [4.78, 5) is 26.3. The van der Waals surface area contributed by atoms with E-state index in [-0.39, 0.29) is 28.7 Å². The molecule has 8 nitrogen and oxygen atoms in total. The Morgan fingerprint density at radius 2 is 1.78 bits per heavy atom. The second kappa shape index (κ2) is 8.06. The van der Waals surface area contributed by atoms with Gasteiger partial charge in [-0.15, -0.1) is 0 Å². The van der Waals surface area contributed by atoms with Gasteiger partial charge in [-0.25, -0.2) is 9.28 Å². The summed E-state index contributed by atoms with van der Waals surface area (Å²) >= 11 is 0. The van der Waals surface area contributed by atoms with Crippen LogP contribution >= 0.6 is 0 Å². The number of amidine groups is 1. The molecule has 0 aliphatic carbocycles. The Morgan fingerprint density at radius 3 is 2.30 bits per heavy atom. The van der Waals surface area contributed by atoms with Crippen molar-refractivity contribution in [2.24, 2.45) is 11.7 Å². The number of nitrogens with zero attached hydrogens (tertiary/aromatic N) is 2. The lowest BCUT2D eigenvalue weighted by molar-refractivity contribution is -0.138. The number of rotatable bonds is 4. The quantitative estimate of drug-likeness (QED) is 0.358. The monoisotopic (exact) mass is 374 g/mol. The molecule has 0 radical (unpaired) electrons. The number of piperazine rings is 1. The van der Waals surface area contributed by atoms with Crippen LogP contribution < -0.4 is 15.5 Å². The third-order valence-electron chi connectivity index (χ3n) is 5.73. The molecule has 0 saturated carbocycles. The van der Waals surface area contributed by atoms with Crippen LogP contribution in [0.25, 0.3) is 0 Å². The van der Waals surface area contributed by atoms with Gasteiger partial charge in [-0.05, 0) is 30.9 Å². The van der Waals surface area contributed by atoms with Gasteiger partial charge >= 0.3 is 12.0 Å². The number of nitrogens with one attached hydrogen (secondary N) is 2. The molecule has 2 saturated heterocycles. The number of nitrogens with two attached hydrogens (primary N) is 1. The maximum Gasteiger partial charge on any atom is 0.424 e. The third-order valence-corrected chi connectivity index (χ3v) is 5.73. The van der Waals surface area contributed by atoms with Gasteiger partial charge in [0, 0.05) is 50.3 Å². The van der Waals surface area contributed by atoms with Crippen molar-refractivity contribution in [2.75, 3.05) is 39.3 Å². The summed E-state index contributed by atoms with van der Waals surface area (Å²) < 4.78 is 0.259. The Labute approximate surface area is 159 Å². The molecule has 1 aromatic rings. The van der Waals surface area contributed by atoms with Gasteiger partial charge in [0.25, 0.3) is 0 Å². The lowest BCUT2D eigenvalue weighted by atomic mass is 9.93. The first-order valence-electron chi connectivity index (χ1n) is 9.46. The highest BCUT2D eigenvalue weighted by Crippen LogP contribution is 2.29. The van der Waals surface area contributed by atoms with Crippen molar-refractivity contribution >= 4 is 23.5 Å². The number of piperidine rings is 1. The molecule has 2 amide bonds. The predicted molar refractivity (Wildman–Crippen MR) is 104 cm³/mol. The molecule has 2 aliphatic heterocycles. The molecule has 0 spiro atoms. The minimum atomic E-state index is -0.768. The van der Waals surface area contributed by atoms with Crippen molar-refractivity contribution in [3.63, 3.8) is 0 Å². The fraction of sp³-hybridized carbons (Fsp3) is 0.526. The van der Waals surface area contributed by atoms with E-state index in [9.17, 15) is 9.59 Å². The van der Waals surface area contributed by atoms with Crippen molar-refractivity contribution in [2.45, 2.75) is 19.3 Å². The van der Waals surface area contributed by atoms with Gasteiger partial charge < -0.3 is 16.2 Å². The Morgan fingerprint density at radius 1 is 1.19 bits per heavy atom. The molecule has 5 N–H and O–H groups in total. The first kappa shape index (κ1) is 19.3. The third kappa shape index (κ3) is 4.12. The summed E-state index contributed by atoms with van der Waals surface area (Å²) in [6.07, 6.45) is 1.65. The predicted octanol–water partition coefficient (Wildman–Crippen LogP) is 1.19. The second-order valence-electron chi connectivity index (χ2n) is 7.44. The standard InChI is InChI=1S/C19H27N5O3/c20-18(21)15-1-3-16(4-2-15)24(11-7-22-8-12-24)19(27)23-9-5-14(6-10-23)13-17(25)26/h1-4,14,22H,5-13H2,(H3-,20,21,25,26)/p+1. The second-order valence-corrected chi connectivity index (χ2v) is 7.44. The molecule has 2 fully saturated rings. The lowest BCUT2D eigenvalue weighted by Gasteiger charge is -2.42. The fourth-order valence-corrected chi connectivity index (χ4v) is 4.11. The largest absolute Gasteiger partial charge is 0.481 e. The van der Waals surface area contributed by atoms with E-state index < -0.39 is 5.97 Å². The maximum atomic E-state index is 13.5. The Hall–Kier alpha value is -2.45. The molecule has 2 aliphatic rings. The summed E-state index contributed by atoms with van der Waals surface area (Å²) in [6.45, 7) is 4.08. The van der Waals surface area contributed by atoms with Gasteiger partial charge in [0.15, 0.2) is 0 Å². The van der Waals surface area contributed by atoms with Crippen molar-refractivity contribution in [1.29, 1.82) is 5.41 Å². The lowest BCUT2D eigenvalue weighted by Crippen LogP contribution is -2.67. The number of carbonyl (C=O) groups is 2. The number of nitrogen functional groups attached to an aromatic ring is 1. The Kier molecular flexibility index (Phi) is 5.76. The minimum absolute atomic E-state index is 0.0141. The average Bonchev–Trinajstić information content (AvgIpc) is 2.68. The highest BCUT2D eigenvalue weighted by atomic mass is 16.4. The Bertz CT molecular complexity index is 705. The zero-order chi connectivity index (χ0) is 19.4. The number of amides is 2. The molecule has 2 heterocycles. The van der Waals surface area contributed by atoms with Gasteiger partial charge in [0.1, 0.15) is 24.6 Å². The molecule has 27 heavy (non-hydrogen) atoms. The highest BCUT2D eigenvalue weighted by molar-refractivity contribution is 5.95. The summed E-state index contributed by atoms with van der Waals surface area (Å²) in [6, 6.07) is 7.48. The summed E-state index contributed by atoms with van der Waals surface area (Å²) in [5, 5.41) is 19.9. The topological polar surface area (TPSA) is 120 Å². The molecule has 0 aromatic heterocycles.